The van der Waals surface area contributed by atoms with Crippen molar-refractivity contribution in [3.05, 3.63) is 80.9 Å². The molecule has 5 atom stereocenters. The minimum atomic E-state index is -3.30. The molecule has 3 aliphatic rings. The Balaban J connectivity index is 1.91. The van der Waals surface area contributed by atoms with Crippen molar-refractivity contribution in [3.63, 3.8) is 0 Å². The standard InChI is InChI=1S/C28H21F5N2O8/c1-35(2)21-15-23(38)12-8(6-9-16(29)18(31)20(33)19(32)17(9)30)7-4-3-5-10(36)11(7)22(37)13(12)25(40)28(15,43)26(41)14(24(21)39)27(34)42/h3-6,12,15,21,23,36-38,41,43H,1-2H3,(H2,34,42)/b8-6+/t12-,15+,21-,23-,28-/m0/s1. The van der Waals surface area contributed by atoms with Crippen LogP contribution in [0.25, 0.3) is 17.4 Å². The quantitative estimate of drug-likeness (QED) is 0.131. The lowest BCUT2D eigenvalue weighted by atomic mass is 9.55. The molecule has 43 heavy (non-hydrogen) atoms. The number of aliphatic hydroxyl groups is 4. The number of hydrogen-bond donors (Lipinski definition) is 6. The molecule has 10 nitrogen and oxygen atoms in total. The number of carbonyl (C=O) groups is 3. The number of likely N-dealkylation sites (N-methyl/N-ethyl adjacent to an activating group) is 1. The fraction of sp³-hybridized carbons (Fsp3) is 0.250. The van der Waals surface area contributed by atoms with E-state index in [2.05, 4.69) is 0 Å². The monoisotopic (exact) mass is 608 g/mol. The number of nitrogens with zero attached hydrogens (tertiary/aromatic N) is 1. The van der Waals surface area contributed by atoms with Gasteiger partial charge in [0.05, 0.1) is 34.8 Å². The summed E-state index contributed by atoms with van der Waals surface area (Å²) in [6.07, 6.45) is -1.83. The zero-order valence-electron chi connectivity index (χ0n) is 22.0. The topological polar surface area (TPSA) is 182 Å². The third kappa shape index (κ3) is 3.78. The molecule has 1 saturated carbocycles. The van der Waals surface area contributed by atoms with Gasteiger partial charge in [0, 0.05) is 5.92 Å². The number of halogens is 5. The van der Waals surface area contributed by atoms with Crippen molar-refractivity contribution in [1.29, 1.82) is 0 Å². The Morgan fingerprint density at radius 1 is 0.977 bits per heavy atom. The van der Waals surface area contributed by atoms with Gasteiger partial charge in [-0.1, -0.05) is 12.1 Å². The average Bonchev–Trinajstić information content (AvgIpc) is 2.93. The Kier molecular flexibility index (Phi) is 6.75. The van der Waals surface area contributed by atoms with Crippen molar-refractivity contribution in [3.8, 4) is 5.75 Å². The number of primary amides is 1. The number of carbonyl (C=O) groups excluding carboxylic acids is 3. The van der Waals surface area contributed by atoms with Crippen molar-refractivity contribution < 1.29 is 61.9 Å². The molecule has 3 aliphatic carbocycles. The van der Waals surface area contributed by atoms with Gasteiger partial charge in [-0.25, -0.2) is 22.0 Å². The molecule has 0 heterocycles. The molecule has 2 aromatic carbocycles. The lowest BCUT2D eigenvalue weighted by molar-refractivity contribution is -0.166. The molecule has 0 aliphatic heterocycles. The van der Waals surface area contributed by atoms with Crippen molar-refractivity contribution in [2.75, 3.05) is 14.1 Å². The first-order chi connectivity index (χ1) is 20.0. The molecular formula is C28H21F5N2O8. The highest BCUT2D eigenvalue weighted by molar-refractivity contribution is 6.25. The van der Waals surface area contributed by atoms with Crippen LogP contribution in [-0.4, -0.2) is 79.7 Å². The second-order valence-corrected chi connectivity index (χ2v) is 10.5. The third-order valence-corrected chi connectivity index (χ3v) is 8.07. The van der Waals surface area contributed by atoms with Crippen molar-refractivity contribution in [2.45, 2.75) is 17.7 Å². The molecule has 7 N–H and O–H groups in total. The molecular weight excluding hydrogens is 587 g/mol. The van der Waals surface area contributed by atoms with Crippen LogP contribution in [0.3, 0.4) is 0 Å². The van der Waals surface area contributed by atoms with Gasteiger partial charge in [0.2, 0.25) is 11.6 Å². The van der Waals surface area contributed by atoms with Gasteiger partial charge < -0.3 is 31.3 Å². The van der Waals surface area contributed by atoms with Gasteiger partial charge in [0.1, 0.15) is 22.8 Å². The summed E-state index contributed by atoms with van der Waals surface area (Å²) in [5.74, 6) is -23.4. The van der Waals surface area contributed by atoms with E-state index in [0.29, 0.717) is 6.08 Å². The maximum atomic E-state index is 14.8. The zero-order chi connectivity index (χ0) is 32.0. The SMILES string of the molecule is CN(C)[C@@H]1C(=O)C(C(N)=O)=C(O)[C@@]2(O)C(=O)C3=C(O)c4c(O)cccc4/C(=C\c4c(F)c(F)c(F)c(F)c4F)[C@@H]3[C@H](O)[C@@H]12. The first kappa shape index (κ1) is 29.9. The molecule has 15 heteroatoms. The molecule has 0 radical (unpaired) electrons. The lowest BCUT2D eigenvalue weighted by Gasteiger charge is -2.53. The Morgan fingerprint density at radius 3 is 2.07 bits per heavy atom. The summed E-state index contributed by atoms with van der Waals surface area (Å²) in [7, 11) is 2.51. The van der Waals surface area contributed by atoms with Gasteiger partial charge in [-0.15, -0.1) is 0 Å². The fourth-order valence-electron chi connectivity index (χ4n) is 6.21. The Bertz CT molecular complexity index is 1740. The van der Waals surface area contributed by atoms with Gasteiger partial charge in [-0.3, -0.25) is 19.3 Å². The summed E-state index contributed by atoms with van der Waals surface area (Å²) >= 11 is 0. The van der Waals surface area contributed by atoms with E-state index >= 15 is 0 Å². The van der Waals surface area contributed by atoms with Crippen LogP contribution < -0.4 is 5.73 Å². The summed E-state index contributed by atoms with van der Waals surface area (Å²) in [5.41, 5.74) is -3.21. The van der Waals surface area contributed by atoms with E-state index in [4.69, 9.17) is 5.73 Å². The van der Waals surface area contributed by atoms with Crippen LogP contribution in [0, 0.1) is 40.9 Å². The minimum Gasteiger partial charge on any atom is -0.508 e. The summed E-state index contributed by atoms with van der Waals surface area (Å²) < 4.78 is 71.7. The largest absolute Gasteiger partial charge is 0.508 e. The second kappa shape index (κ2) is 9.72. The predicted octanol–water partition coefficient (Wildman–Crippen LogP) is 1.63. The summed E-state index contributed by atoms with van der Waals surface area (Å²) in [6.45, 7) is 0. The van der Waals surface area contributed by atoms with Crippen LogP contribution in [0.5, 0.6) is 5.75 Å². The van der Waals surface area contributed by atoms with Gasteiger partial charge in [-0.2, -0.15) is 0 Å². The second-order valence-electron chi connectivity index (χ2n) is 10.5. The number of amides is 1. The maximum Gasteiger partial charge on any atom is 0.255 e. The first-order valence-electron chi connectivity index (χ1n) is 12.4. The Morgan fingerprint density at radius 2 is 1.53 bits per heavy atom. The molecule has 0 bridgehead atoms. The average molecular weight is 608 g/mol. The Hall–Kier alpha value is -4.60. The van der Waals surface area contributed by atoms with Crippen LogP contribution in [-0.2, 0) is 14.4 Å². The Labute approximate surface area is 238 Å². The fourth-order valence-corrected chi connectivity index (χ4v) is 6.21. The number of phenolic OH excluding ortho intramolecular Hbond substituents is 1. The normalized spacial score (nSPS) is 27.9. The lowest BCUT2D eigenvalue weighted by Crippen LogP contribution is -2.70. The van der Waals surface area contributed by atoms with Gasteiger partial charge >= 0.3 is 0 Å². The zero-order valence-corrected chi connectivity index (χ0v) is 22.0. The summed E-state index contributed by atoms with van der Waals surface area (Å²) in [5, 5.41) is 56.1. The van der Waals surface area contributed by atoms with Gasteiger partial charge in [0.25, 0.3) is 5.91 Å². The number of hydrogen-bond acceptors (Lipinski definition) is 9. The number of fused-ring (bicyclic) bond motifs is 3. The number of aromatic hydroxyl groups is 1. The molecule has 0 aromatic heterocycles. The molecule has 0 saturated heterocycles. The van der Waals surface area contributed by atoms with E-state index in [1.54, 1.807) is 0 Å². The number of rotatable bonds is 3. The van der Waals surface area contributed by atoms with E-state index in [9.17, 15) is 61.9 Å². The van der Waals surface area contributed by atoms with Gasteiger partial charge in [-0.05, 0) is 37.4 Å². The van der Waals surface area contributed by atoms with Crippen LogP contribution in [0.1, 0.15) is 16.7 Å². The number of ketones is 2. The van der Waals surface area contributed by atoms with E-state index in [-0.39, 0.29) is 5.56 Å². The van der Waals surface area contributed by atoms with E-state index < -0.39 is 121 Å². The van der Waals surface area contributed by atoms with E-state index in [1.807, 2.05) is 0 Å². The summed E-state index contributed by atoms with van der Waals surface area (Å²) in [4.78, 5) is 40.5. The molecule has 1 amide bonds. The highest BCUT2D eigenvalue weighted by Gasteiger charge is 2.68. The maximum absolute atomic E-state index is 14.8. The van der Waals surface area contributed by atoms with Crippen LogP contribution in [0.4, 0.5) is 22.0 Å². The molecule has 226 valence electrons. The number of aliphatic hydroxyl groups excluding tert-OH is 3. The van der Waals surface area contributed by atoms with Gasteiger partial charge in [0.15, 0.2) is 34.7 Å². The first-order valence-corrected chi connectivity index (χ1v) is 12.4. The molecule has 1 fully saturated rings. The number of Topliss-reactive ketones (excluding diaryl/α,β-unsaturated/α-hetero) is 2. The van der Waals surface area contributed by atoms with Crippen molar-refractivity contribution in [2.24, 2.45) is 17.6 Å². The van der Waals surface area contributed by atoms with Crippen LogP contribution in [0.15, 0.2) is 35.1 Å². The summed E-state index contributed by atoms with van der Waals surface area (Å²) in [6, 6.07) is 1.56. The minimum absolute atomic E-state index is 0.325. The smallest absolute Gasteiger partial charge is 0.255 e. The van der Waals surface area contributed by atoms with Crippen molar-refractivity contribution in [1.82, 2.24) is 4.90 Å². The highest BCUT2D eigenvalue weighted by Crippen LogP contribution is 2.56. The predicted molar refractivity (Wildman–Crippen MR) is 136 cm³/mol. The van der Waals surface area contributed by atoms with Crippen molar-refractivity contribution >= 4 is 34.9 Å². The molecule has 5 rings (SSSR count). The molecule has 2 aromatic rings. The molecule has 0 spiro atoms. The highest BCUT2D eigenvalue weighted by atomic mass is 19.2. The van der Waals surface area contributed by atoms with E-state index in [0.717, 1.165) is 17.0 Å². The van der Waals surface area contributed by atoms with E-state index in [1.165, 1.54) is 20.2 Å². The number of benzene rings is 2. The number of nitrogens with two attached hydrogens (primary N) is 1. The number of phenols is 1. The van der Waals surface area contributed by atoms with Crippen LogP contribution >= 0.6 is 0 Å². The van der Waals surface area contributed by atoms with Crippen LogP contribution in [0.2, 0.25) is 0 Å². The third-order valence-electron chi connectivity index (χ3n) is 8.07. The molecule has 0 unspecified atom stereocenters.